The van der Waals surface area contributed by atoms with Crippen LogP contribution in [-0.4, -0.2) is 30.1 Å². The highest BCUT2D eigenvalue weighted by Gasteiger charge is 1.90. The summed E-state index contributed by atoms with van der Waals surface area (Å²) >= 11 is 0. The van der Waals surface area contributed by atoms with Gasteiger partial charge in [-0.05, 0) is 13.0 Å². The Morgan fingerprint density at radius 2 is 1.53 bits per heavy atom. The van der Waals surface area contributed by atoms with Crippen LogP contribution in [0.2, 0.25) is 0 Å². The van der Waals surface area contributed by atoms with Gasteiger partial charge in [-0.1, -0.05) is 19.7 Å². The molecule has 0 saturated carbocycles. The SMILES string of the molecule is C=C(C)C(=O)O.C=CC(=O)OC.C=CC(N)=O. The summed E-state index contributed by atoms with van der Waals surface area (Å²) in [5.74, 6) is -1.81. The number of amides is 1. The molecule has 3 N–H and O–H groups in total. The molecule has 0 bridgehead atoms. The molecule has 6 nitrogen and oxygen atoms in total. The number of hydrogen-bond donors (Lipinski definition) is 2. The number of primary amides is 1. The first-order chi connectivity index (χ1) is 7.72. The maximum Gasteiger partial charge on any atom is 0.330 e. The molecule has 0 fully saturated rings. The van der Waals surface area contributed by atoms with E-state index in [1.807, 2.05) is 0 Å². The Labute approximate surface area is 100 Å². The third-order valence-electron chi connectivity index (χ3n) is 0.934. The van der Waals surface area contributed by atoms with E-state index in [9.17, 15) is 14.4 Å². The van der Waals surface area contributed by atoms with Crippen LogP contribution in [0.25, 0.3) is 0 Å². The van der Waals surface area contributed by atoms with Crippen LogP contribution in [0, 0.1) is 0 Å². The van der Waals surface area contributed by atoms with Crippen molar-refractivity contribution in [1.29, 1.82) is 0 Å². The summed E-state index contributed by atoms with van der Waals surface area (Å²) in [7, 11) is 1.31. The topological polar surface area (TPSA) is 107 Å². The maximum atomic E-state index is 9.84. The van der Waals surface area contributed by atoms with E-state index < -0.39 is 17.8 Å². The quantitative estimate of drug-likeness (QED) is 0.559. The molecule has 0 radical (unpaired) electrons. The van der Waals surface area contributed by atoms with Gasteiger partial charge in [0.15, 0.2) is 0 Å². The Bertz CT molecular complexity index is 292. The van der Waals surface area contributed by atoms with Gasteiger partial charge in [0.1, 0.15) is 0 Å². The predicted molar refractivity (Wildman–Crippen MR) is 64.1 cm³/mol. The molecule has 0 rings (SSSR count). The zero-order valence-corrected chi connectivity index (χ0v) is 9.93. The van der Waals surface area contributed by atoms with E-state index in [1.165, 1.54) is 14.0 Å². The van der Waals surface area contributed by atoms with E-state index in [1.54, 1.807) is 0 Å². The molecular weight excluding hydrogens is 226 g/mol. The van der Waals surface area contributed by atoms with Crippen LogP contribution in [0.15, 0.2) is 37.5 Å². The molecular formula is C11H17NO5. The number of hydrogen-bond acceptors (Lipinski definition) is 4. The van der Waals surface area contributed by atoms with Crippen molar-refractivity contribution in [2.75, 3.05) is 7.11 Å². The molecule has 17 heavy (non-hydrogen) atoms. The number of rotatable bonds is 3. The number of carboxylic acids is 1. The molecule has 96 valence electrons. The molecule has 0 aromatic heterocycles. The third-order valence-corrected chi connectivity index (χ3v) is 0.934. The van der Waals surface area contributed by atoms with Crippen LogP contribution < -0.4 is 5.73 Å². The van der Waals surface area contributed by atoms with Crippen molar-refractivity contribution in [3.63, 3.8) is 0 Å². The van der Waals surface area contributed by atoms with Crippen molar-refractivity contribution in [2.24, 2.45) is 5.73 Å². The van der Waals surface area contributed by atoms with Gasteiger partial charge >= 0.3 is 11.9 Å². The maximum absolute atomic E-state index is 9.84. The normalized spacial score (nSPS) is 6.94. The summed E-state index contributed by atoms with van der Waals surface area (Å²) in [6, 6.07) is 0. The number of nitrogens with two attached hydrogens (primary N) is 1. The second kappa shape index (κ2) is 13.6. The van der Waals surface area contributed by atoms with Gasteiger partial charge in [0.2, 0.25) is 5.91 Å². The molecule has 0 unspecified atom stereocenters. The van der Waals surface area contributed by atoms with Crippen molar-refractivity contribution >= 4 is 17.8 Å². The van der Waals surface area contributed by atoms with Gasteiger partial charge in [0.25, 0.3) is 0 Å². The molecule has 6 heteroatoms. The number of aliphatic carboxylic acids is 1. The lowest BCUT2D eigenvalue weighted by Gasteiger charge is -1.83. The first-order valence-corrected chi connectivity index (χ1v) is 4.23. The molecule has 0 heterocycles. The molecule has 0 aromatic carbocycles. The second-order valence-corrected chi connectivity index (χ2v) is 2.42. The first kappa shape index (κ1) is 20.1. The van der Waals surface area contributed by atoms with Crippen LogP contribution in [0.3, 0.4) is 0 Å². The van der Waals surface area contributed by atoms with E-state index in [0.29, 0.717) is 0 Å². The molecule has 0 aliphatic carbocycles. The summed E-state index contributed by atoms with van der Waals surface area (Å²) in [5, 5.41) is 7.89. The highest BCUT2D eigenvalue weighted by Crippen LogP contribution is 1.81. The smallest absolute Gasteiger partial charge is 0.330 e. The van der Waals surface area contributed by atoms with Crippen molar-refractivity contribution in [2.45, 2.75) is 6.92 Å². The van der Waals surface area contributed by atoms with Gasteiger partial charge in [-0.3, -0.25) is 4.79 Å². The fraction of sp³-hybridized carbons (Fsp3) is 0.182. The molecule has 0 aliphatic heterocycles. The van der Waals surface area contributed by atoms with E-state index in [2.05, 4.69) is 30.2 Å². The molecule has 0 atom stereocenters. The number of carboxylic acid groups (broad SMARTS) is 1. The standard InChI is InChI=1S/2C4H6O2.C3H5NO/c1-3-4(5)6-2;1-3(2)4(5)6;1-2-3(4)5/h3H,1H2,2H3;1H2,2H3,(H,5,6);2H,1H2,(H2,4,5). The van der Waals surface area contributed by atoms with Crippen molar-refractivity contribution in [3.8, 4) is 0 Å². The van der Waals surface area contributed by atoms with Crippen LogP contribution in [0.4, 0.5) is 0 Å². The van der Waals surface area contributed by atoms with Gasteiger partial charge < -0.3 is 15.6 Å². The van der Waals surface area contributed by atoms with Gasteiger partial charge in [-0.15, -0.1) is 0 Å². The molecule has 0 spiro atoms. The minimum Gasteiger partial charge on any atom is -0.478 e. The molecule has 0 saturated heterocycles. The van der Waals surface area contributed by atoms with E-state index in [0.717, 1.165) is 12.2 Å². The van der Waals surface area contributed by atoms with E-state index in [-0.39, 0.29) is 5.57 Å². The predicted octanol–water partition coefficient (Wildman–Crippen LogP) is 0.650. The van der Waals surface area contributed by atoms with Gasteiger partial charge in [-0.2, -0.15) is 0 Å². The Morgan fingerprint density at radius 1 is 1.24 bits per heavy atom. The Morgan fingerprint density at radius 3 is 1.53 bits per heavy atom. The number of carbonyl (C=O) groups is 3. The highest BCUT2D eigenvalue weighted by molar-refractivity contribution is 5.85. The van der Waals surface area contributed by atoms with Crippen molar-refractivity contribution < 1.29 is 24.2 Å². The lowest BCUT2D eigenvalue weighted by molar-refractivity contribution is -0.135. The number of methoxy groups -OCH3 is 1. The lowest BCUT2D eigenvalue weighted by atomic mass is 10.4. The number of carbonyl (C=O) groups excluding carboxylic acids is 2. The zero-order valence-electron chi connectivity index (χ0n) is 9.93. The Hall–Kier alpha value is -2.37. The van der Waals surface area contributed by atoms with E-state index >= 15 is 0 Å². The highest BCUT2D eigenvalue weighted by atomic mass is 16.5. The zero-order chi connectivity index (χ0) is 14.4. The van der Waals surface area contributed by atoms with Crippen LogP contribution in [0.5, 0.6) is 0 Å². The number of ether oxygens (including phenoxy) is 1. The Balaban J connectivity index is -0.000000174. The van der Waals surface area contributed by atoms with Crippen LogP contribution >= 0.6 is 0 Å². The average Bonchev–Trinajstić information content (AvgIpc) is 2.29. The van der Waals surface area contributed by atoms with Crippen LogP contribution in [-0.2, 0) is 19.1 Å². The van der Waals surface area contributed by atoms with Gasteiger partial charge in [0, 0.05) is 11.6 Å². The van der Waals surface area contributed by atoms with Crippen LogP contribution in [0.1, 0.15) is 6.92 Å². The molecule has 0 aliphatic rings. The fourth-order valence-corrected chi connectivity index (χ4v) is 0.0833. The minimum absolute atomic E-state index is 0.176. The fourth-order valence-electron chi connectivity index (χ4n) is 0.0833. The average molecular weight is 243 g/mol. The second-order valence-electron chi connectivity index (χ2n) is 2.42. The van der Waals surface area contributed by atoms with Crippen molar-refractivity contribution in [3.05, 3.63) is 37.5 Å². The van der Waals surface area contributed by atoms with Crippen molar-refractivity contribution in [1.82, 2.24) is 0 Å². The molecule has 1 amide bonds. The number of esters is 1. The molecule has 0 aromatic rings. The lowest BCUT2D eigenvalue weighted by Crippen LogP contribution is -2.04. The summed E-state index contributed by atoms with van der Waals surface area (Å²) in [6.07, 6.45) is 2.17. The summed E-state index contributed by atoms with van der Waals surface area (Å²) in [5.41, 5.74) is 4.71. The summed E-state index contributed by atoms with van der Waals surface area (Å²) in [4.78, 5) is 28.9. The van der Waals surface area contributed by atoms with E-state index in [4.69, 9.17) is 5.11 Å². The summed E-state index contributed by atoms with van der Waals surface area (Å²) < 4.78 is 4.14. The monoisotopic (exact) mass is 243 g/mol. The van der Waals surface area contributed by atoms with Gasteiger partial charge in [0.05, 0.1) is 7.11 Å². The Kier molecular flexibility index (Phi) is 16.1. The minimum atomic E-state index is -0.935. The van der Waals surface area contributed by atoms with Gasteiger partial charge in [-0.25, -0.2) is 9.59 Å². The largest absolute Gasteiger partial charge is 0.478 e. The first-order valence-electron chi connectivity index (χ1n) is 4.23. The third kappa shape index (κ3) is 31.7. The summed E-state index contributed by atoms with van der Waals surface area (Å²) in [6.45, 7) is 10.8.